The number of amides is 1. The van der Waals surface area contributed by atoms with Crippen LogP contribution in [0.1, 0.15) is 64.7 Å². The molecule has 0 saturated carbocycles. The van der Waals surface area contributed by atoms with Gasteiger partial charge in [0.25, 0.3) is 0 Å². The average Bonchev–Trinajstić information content (AvgIpc) is 2.26. The van der Waals surface area contributed by atoms with Crippen molar-refractivity contribution in [2.75, 3.05) is 0 Å². The van der Waals surface area contributed by atoms with Crippen LogP contribution < -0.4 is 5.73 Å². The second-order valence-electron chi connectivity index (χ2n) is 4.35. The zero-order chi connectivity index (χ0) is 12.2. The molecule has 0 aliphatic rings. The molecule has 0 heterocycles. The van der Waals surface area contributed by atoms with E-state index in [1.807, 2.05) is 6.07 Å². The third-order valence-electron chi connectivity index (χ3n) is 2.85. The fraction of sp³-hybridized carbons (Fsp3) is 0.846. The molecule has 0 bridgehead atoms. The lowest BCUT2D eigenvalue weighted by Gasteiger charge is -2.04. The molecule has 0 aromatic heterocycles. The lowest BCUT2D eigenvalue weighted by molar-refractivity contribution is -0.120. The molecule has 0 spiro atoms. The molecule has 1 atom stereocenters. The molecule has 0 radical (unpaired) electrons. The van der Waals surface area contributed by atoms with E-state index in [2.05, 4.69) is 6.92 Å². The van der Waals surface area contributed by atoms with Gasteiger partial charge in [0.2, 0.25) is 5.91 Å². The number of nitrogens with two attached hydrogens (primary N) is 1. The number of rotatable bonds is 10. The summed E-state index contributed by atoms with van der Waals surface area (Å²) in [6.07, 6.45) is 10.4. The minimum atomic E-state index is -0.583. The number of unbranched alkanes of at least 4 members (excludes halogenated alkanes) is 7. The van der Waals surface area contributed by atoms with Crippen LogP contribution >= 0.6 is 0 Å². The first kappa shape index (κ1) is 15.0. The maximum Gasteiger partial charge on any atom is 0.234 e. The van der Waals surface area contributed by atoms with E-state index < -0.39 is 11.8 Å². The van der Waals surface area contributed by atoms with E-state index in [1.165, 1.54) is 38.5 Å². The third-order valence-corrected chi connectivity index (χ3v) is 2.85. The summed E-state index contributed by atoms with van der Waals surface area (Å²) in [4.78, 5) is 10.8. The van der Waals surface area contributed by atoms with Crippen LogP contribution in [0.2, 0.25) is 0 Å². The van der Waals surface area contributed by atoms with E-state index >= 15 is 0 Å². The van der Waals surface area contributed by atoms with Crippen LogP contribution in [0.25, 0.3) is 0 Å². The molecule has 0 aromatic rings. The van der Waals surface area contributed by atoms with Gasteiger partial charge in [0.05, 0.1) is 6.07 Å². The molecule has 0 aliphatic carbocycles. The highest BCUT2D eigenvalue weighted by molar-refractivity contribution is 5.79. The van der Waals surface area contributed by atoms with Crippen molar-refractivity contribution in [3.05, 3.63) is 0 Å². The van der Waals surface area contributed by atoms with Crippen molar-refractivity contribution in [1.29, 1.82) is 5.26 Å². The van der Waals surface area contributed by atoms with Gasteiger partial charge >= 0.3 is 0 Å². The number of primary amides is 1. The van der Waals surface area contributed by atoms with Gasteiger partial charge in [0.1, 0.15) is 5.92 Å². The van der Waals surface area contributed by atoms with E-state index in [9.17, 15) is 4.79 Å². The Hall–Kier alpha value is -1.04. The Bertz CT molecular complexity index is 220. The summed E-state index contributed by atoms with van der Waals surface area (Å²) in [7, 11) is 0. The molecule has 0 saturated heterocycles. The van der Waals surface area contributed by atoms with Crippen LogP contribution in [-0.4, -0.2) is 5.91 Å². The van der Waals surface area contributed by atoms with Crippen LogP contribution in [0.3, 0.4) is 0 Å². The van der Waals surface area contributed by atoms with Crippen LogP contribution in [0.4, 0.5) is 0 Å². The molecule has 3 nitrogen and oxygen atoms in total. The molecule has 1 unspecified atom stereocenters. The molecule has 2 N–H and O–H groups in total. The van der Waals surface area contributed by atoms with Crippen LogP contribution in [-0.2, 0) is 4.79 Å². The summed E-state index contributed by atoms with van der Waals surface area (Å²) in [6.45, 7) is 2.21. The van der Waals surface area contributed by atoms with E-state index in [-0.39, 0.29) is 0 Å². The Balaban J connectivity index is 3.27. The zero-order valence-electron chi connectivity index (χ0n) is 10.4. The summed E-state index contributed by atoms with van der Waals surface area (Å²) in [6, 6.07) is 1.95. The predicted octanol–water partition coefficient (Wildman–Crippen LogP) is 3.14. The minimum Gasteiger partial charge on any atom is -0.369 e. The first-order valence-corrected chi connectivity index (χ1v) is 6.41. The molecule has 0 aromatic carbocycles. The number of nitriles is 1. The van der Waals surface area contributed by atoms with E-state index in [0.29, 0.717) is 6.42 Å². The molecular weight excluding hydrogens is 200 g/mol. The number of carbonyl (C=O) groups excluding carboxylic acids is 1. The first-order chi connectivity index (χ1) is 7.72. The fourth-order valence-corrected chi connectivity index (χ4v) is 1.75. The summed E-state index contributed by atoms with van der Waals surface area (Å²) in [5.41, 5.74) is 5.08. The number of carbonyl (C=O) groups is 1. The number of hydrogen-bond acceptors (Lipinski definition) is 2. The normalized spacial score (nSPS) is 12.0. The largest absolute Gasteiger partial charge is 0.369 e. The summed E-state index contributed by atoms with van der Waals surface area (Å²) >= 11 is 0. The smallest absolute Gasteiger partial charge is 0.234 e. The average molecular weight is 224 g/mol. The van der Waals surface area contributed by atoms with Crippen LogP contribution in [0.15, 0.2) is 0 Å². The van der Waals surface area contributed by atoms with Gasteiger partial charge in [0.15, 0.2) is 0 Å². The fourth-order valence-electron chi connectivity index (χ4n) is 1.75. The lowest BCUT2D eigenvalue weighted by Crippen LogP contribution is -2.21. The van der Waals surface area contributed by atoms with E-state index in [0.717, 1.165) is 12.8 Å². The predicted molar refractivity (Wildman–Crippen MR) is 65.5 cm³/mol. The SMILES string of the molecule is CCCCCCCCCCC(C#N)C(N)=O. The standard InChI is InChI=1S/C13H24N2O/c1-2-3-4-5-6-7-8-9-10-12(11-14)13(15)16/h12H,2-10H2,1H3,(H2,15,16). The maximum absolute atomic E-state index is 10.8. The molecule has 0 aliphatic heterocycles. The highest BCUT2D eigenvalue weighted by Gasteiger charge is 2.12. The van der Waals surface area contributed by atoms with Gasteiger partial charge in [-0.15, -0.1) is 0 Å². The zero-order valence-corrected chi connectivity index (χ0v) is 10.4. The quantitative estimate of drug-likeness (QED) is 0.579. The molecular formula is C13H24N2O. The van der Waals surface area contributed by atoms with Crippen molar-refractivity contribution in [2.24, 2.45) is 11.7 Å². The monoisotopic (exact) mass is 224 g/mol. The molecule has 3 heteroatoms. The topological polar surface area (TPSA) is 66.9 Å². The maximum atomic E-state index is 10.8. The third kappa shape index (κ3) is 8.28. The molecule has 0 rings (SSSR count). The Morgan fingerprint density at radius 3 is 2.06 bits per heavy atom. The molecule has 0 fully saturated rings. The van der Waals surface area contributed by atoms with E-state index in [1.54, 1.807) is 0 Å². The number of nitrogens with zero attached hydrogens (tertiary/aromatic N) is 1. The number of hydrogen-bond donors (Lipinski definition) is 1. The molecule has 1 amide bonds. The van der Waals surface area contributed by atoms with Crippen LogP contribution in [0, 0.1) is 17.2 Å². The van der Waals surface area contributed by atoms with Crippen molar-refractivity contribution in [3.8, 4) is 6.07 Å². The van der Waals surface area contributed by atoms with Crippen molar-refractivity contribution in [3.63, 3.8) is 0 Å². The first-order valence-electron chi connectivity index (χ1n) is 6.41. The van der Waals surface area contributed by atoms with Gasteiger partial charge in [-0.05, 0) is 6.42 Å². The lowest BCUT2D eigenvalue weighted by atomic mass is 10.0. The Kier molecular flexibility index (Phi) is 9.80. The molecule has 92 valence electrons. The minimum absolute atomic E-state index is 0.481. The second kappa shape index (κ2) is 10.5. The van der Waals surface area contributed by atoms with Gasteiger partial charge in [-0.25, -0.2) is 0 Å². The van der Waals surface area contributed by atoms with E-state index in [4.69, 9.17) is 11.0 Å². The van der Waals surface area contributed by atoms with Gasteiger partial charge < -0.3 is 5.73 Å². The van der Waals surface area contributed by atoms with Crippen molar-refractivity contribution >= 4 is 5.91 Å². The van der Waals surface area contributed by atoms with Gasteiger partial charge in [-0.1, -0.05) is 58.3 Å². The summed E-state index contributed by atoms with van der Waals surface area (Å²) in [5, 5.41) is 8.65. The Morgan fingerprint density at radius 1 is 1.12 bits per heavy atom. The summed E-state index contributed by atoms with van der Waals surface area (Å²) in [5.74, 6) is -1.06. The van der Waals surface area contributed by atoms with Gasteiger partial charge in [-0.3, -0.25) is 4.79 Å². The van der Waals surface area contributed by atoms with Gasteiger partial charge in [-0.2, -0.15) is 5.26 Å². The van der Waals surface area contributed by atoms with Crippen LogP contribution in [0.5, 0.6) is 0 Å². The highest BCUT2D eigenvalue weighted by atomic mass is 16.1. The second-order valence-corrected chi connectivity index (χ2v) is 4.35. The molecule has 16 heavy (non-hydrogen) atoms. The Labute approximate surface area is 99.0 Å². The van der Waals surface area contributed by atoms with Crippen molar-refractivity contribution in [1.82, 2.24) is 0 Å². The highest BCUT2D eigenvalue weighted by Crippen LogP contribution is 2.12. The summed E-state index contributed by atoms with van der Waals surface area (Å²) < 4.78 is 0. The van der Waals surface area contributed by atoms with Crippen molar-refractivity contribution in [2.45, 2.75) is 64.7 Å². The van der Waals surface area contributed by atoms with Gasteiger partial charge in [0, 0.05) is 0 Å². The Morgan fingerprint density at radius 2 is 1.62 bits per heavy atom. The van der Waals surface area contributed by atoms with Crippen molar-refractivity contribution < 1.29 is 4.79 Å².